The van der Waals surface area contributed by atoms with E-state index in [-0.39, 0.29) is 13.2 Å². The third-order valence-corrected chi connectivity index (χ3v) is 3.97. The van der Waals surface area contributed by atoms with E-state index >= 15 is 0 Å². The number of benzene rings is 2. The highest BCUT2D eigenvalue weighted by molar-refractivity contribution is 5.67. The molecule has 1 N–H and O–H groups in total. The first-order chi connectivity index (χ1) is 11.5. The van der Waals surface area contributed by atoms with Crippen molar-refractivity contribution in [3.63, 3.8) is 0 Å². The first-order valence-corrected chi connectivity index (χ1v) is 8.22. The standard InChI is InChI=1S/C20H25NO3/c1-3-20(2,23)16-21(14-17-10-6-4-7-11-17)19(22)24-15-18-12-8-5-9-13-18/h4-13,23H,3,14-16H2,1-2H3. The summed E-state index contributed by atoms with van der Waals surface area (Å²) in [6, 6.07) is 19.3. The molecule has 0 heterocycles. The van der Waals surface area contributed by atoms with Crippen molar-refractivity contribution < 1.29 is 14.6 Å². The highest BCUT2D eigenvalue weighted by Gasteiger charge is 2.26. The number of nitrogens with zero attached hydrogens (tertiary/aromatic N) is 1. The summed E-state index contributed by atoms with van der Waals surface area (Å²) in [5, 5.41) is 10.4. The largest absolute Gasteiger partial charge is 0.445 e. The second kappa shape index (κ2) is 8.50. The third-order valence-electron chi connectivity index (χ3n) is 3.97. The maximum absolute atomic E-state index is 12.5. The molecule has 2 rings (SSSR count). The Bertz CT molecular complexity index is 626. The topological polar surface area (TPSA) is 49.8 Å². The van der Waals surface area contributed by atoms with Gasteiger partial charge in [-0.25, -0.2) is 4.79 Å². The molecule has 1 atom stereocenters. The zero-order valence-electron chi connectivity index (χ0n) is 14.3. The van der Waals surface area contributed by atoms with Crippen LogP contribution in [0, 0.1) is 0 Å². The van der Waals surface area contributed by atoms with Crippen LogP contribution in [0.4, 0.5) is 4.79 Å². The Hall–Kier alpha value is -2.33. The fraction of sp³-hybridized carbons (Fsp3) is 0.350. The Balaban J connectivity index is 2.04. The van der Waals surface area contributed by atoms with E-state index in [9.17, 15) is 9.90 Å². The van der Waals surface area contributed by atoms with E-state index in [1.54, 1.807) is 11.8 Å². The molecule has 2 aromatic rings. The number of amides is 1. The lowest BCUT2D eigenvalue weighted by Gasteiger charge is -2.30. The van der Waals surface area contributed by atoms with Gasteiger partial charge in [0.2, 0.25) is 0 Å². The molecular weight excluding hydrogens is 302 g/mol. The van der Waals surface area contributed by atoms with Crippen molar-refractivity contribution in [3.8, 4) is 0 Å². The molecule has 0 aliphatic carbocycles. The molecule has 0 saturated carbocycles. The highest BCUT2D eigenvalue weighted by atomic mass is 16.6. The summed E-state index contributed by atoms with van der Waals surface area (Å²) in [7, 11) is 0. The lowest BCUT2D eigenvalue weighted by molar-refractivity contribution is 0.00830. The van der Waals surface area contributed by atoms with Crippen molar-refractivity contribution in [2.45, 2.75) is 39.0 Å². The van der Waals surface area contributed by atoms with E-state index in [1.807, 2.05) is 67.6 Å². The maximum Gasteiger partial charge on any atom is 0.410 e. The van der Waals surface area contributed by atoms with Gasteiger partial charge >= 0.3 is 6.09 Å². The quantitative estimate of drug-likeness (QED) is 0.836. The van der Waals surface area contributed by atoms with Crippen molar-refractivity contribution in [1.29, 1.82) is 0 Å². The van der Waals surface area contributed by atoms with Crippen LogP contribution in [-0.4, -0.2) is 28.2 Å². The minimum absolute atomic E-state index is 0.221. The van der Waals surface area contributed by atoms with E-state index in [0.717, 1.165) is 11.1 Å². The molecule has 0 aliphatic heterocycles. The maximum atomic E-state index is 12.5. The number of carbonyl (C=O) groups excluding carboxylic acids is 1. The van der Waals surface area contributed by atoms with Gasteiger partial charge in [-0.15, -0.1) is 0 Å². The summed E-state index contributed by atoms with van der Waals surface area (Å²) >= 11 is 0. The predicted octanol–water partition coefficient (Wildman–Crippen LogP) is 3.99. The fourth-order valence-electron chi connectivity index (χ4n) is 2.32. The fourth-order valence-corrected chi connectivity index (χ4v) is 2.32. The van der Waals surface area contributed by atoms with Gasteiger partial charge in [0.05, 0.1) is 12.1 Å². The van der Waals surface area contributed by atoms with E-state index < -0.39 is 11.7 Å². The Labute approximate surface area is 143 Å². The second-order valence-electron chi connectivity index (χ2n) is 6.23. The first kappa shape index (κ1) is 18.0. The minimum atomic E-state index is -0.944. The predicted molar refractivity (Wildman–Crippen MR) is 94.4 cm³/mol. The zero-order valence-corrected chi connectivity index (χ0v) is 14.3. The normalized spacial score (nSPS) is 13.1. The van der Waals surface area contributed by atoms with Crippen molar-refractivity contribution in [2.75, 3.05) is 6.54 Å². The van der Waals surface area contributed by atoms with Crippen LogP contribution in [0.3, 0.4) is 0 Å². The molecule has 1 amide bonds. The second-order valence-corrected chi connectivity index (χ2v) is 6.23. The lowest BCUT2D eigenvalue weighted by Crippen LogP contribution is -2.43. The van der Waals surface area contributed by atoms with Crippen LogP contribution in [0.1, 0.15) is 31.4 Å². The van der Waals surface area contributed by atoms with Crippen molar-refractivity contribution in [2.24, 2.45) is 0 Å². The molecule has 0 spiro atoms. The molecule has 4 nitrogen and oxygen atoms in total. The number of rotatable bonds is 7. The van der Waals surface area contributed by atoms with Crippen LogP contribution >= 0.6 is 0 Å². The summed E-state index contributed by atoms with van der Waals surface area (Å²) in [6.45, 7) is 4.49. The van der Waals surface area contributed by atoms with Gasteiger partial charge in [-0.1, -0.05) is 67.6 Å². The van der Waals surface area contributed by atoms with Crippen LogP contribution in [0.25, 0.3) is 0 Å². The first-order valence-electron chi connectivity index (χ1n) is 8.22. The van der Waals surface area contributed by atoms with E-state index in [2.05, 4.69) is 0 Å². The monoisotopic (exact) mass is 327 g/mol. The number of hydrogen-bond acceptors (Lipinski definition) is 3. The third kappa shape index (κ3) is 5.70. The number of aliphatic hydroxyl groups is 1. The highest BCUT2D eigenvalue weighted by Crippen LogP contribution is 2.15. The van der Waals surface area contributed by atoms with Crippen LogP contribution in [0.15, 0.2) is 60.7 Å². The van der Waals surface area contributed by atoms with E-state index in [0.29, 0.717) is 13.0 Å². The molecule has 1 unspecified atom stereocenters. The van der Waals surface area contributed by atoms with Crippen LogP contribution in [-0.2, 0) is 17.9 Å². The molecule has 128 valence electrons. The van der Waals surface area contributed by atoms with Crippen molar-refractivity contribution in [3.05, 3.63) is 71.8 Å². The van der Waals surface area contributed by atoms with Gasteiger partial charge < -0.3 is 14.7 Å². The van der Waals surface area contributed by atoms with Crippen LogP contribution in [0.2, 0.25) is 0 Å². The number of ether oxygens (including phenoxy) is 1. The smallest absolute Gasteiger partial charge is 0.410 e. The zero-order chi connectivity index (χ0) is 17.4. The van der Waals surface area contributed by atoms with E-state index in [1.165, 1.54) is 0 Å². The van der Waals surface area contributed by atoms with Gasteiger partial charge in [-0.3, -0.25) is 0 Å². The number of carbonyl (C=O) groups is 1. The van der Waals surface area contributed by atoms with Crippen molar-refractivity contribution >= 4 is 6.09 Å². The molecule has 24 heavy (non-hydrogen) atoms. The van der Waals surface area contributed by atoms with Crippen LogP contribution in [0.5, 0.6) is 0 Å². The molecule has 2 aromatic carbocycles. The Morgan fingerprint density at radius 2 is 1.58 bits per heavy atom. The van der Waals surface area contributed by atoms with Gasteiger partial charge in [0.25, 0.3) is 0 Å². The molecule has 0 bridgehead atoms. The summed E-state index contributed by atoms with van der Waals surface area (Å²) < 4.78 is 5.43. The van der Waals surface area contributed by atoms with Gasteiger partial charge in [0, 0.05) is 6.54 Å². The molecule has 0 aliphatic rings. The summed E-state index contributed by atoms with van der Waals surface area (Å²) in [5.74, 6) is 0. The van der Waals surface area contributed by atoms with Gasteiger partial charge in [0.15, 0.2) is 0 Å². The summed E-state index contributed by atoms with van der Waals surface area (Å²) in [6.07, 6.45) is 0.140. The van der Waals surface area contributed by atoms with Crippen LogP contribution < -0.4 is 0 Å². The number of hydrogen-bond donors (Lipinski definition) is 1. The minimum Gasteiger partial charge on any atom is -0.445 e. The Morgan fingerprint density at radius 3 is 2.12 bits per heavy atom. The Morgan fingerprint density at radius 1 is 1.04 bits per heavy atom. The van der Waals surface area contributed by atoms with E-state index in [4.69, 9.17) is 4.74 Å². The Kier molecular flexibility index (Phi) is 6.38. The lowest BCUT2D eigenvalue weighted by atomic mass is 10.0. The average molecular weight is 327 g/mol. The van der Waals surface area contributed by atoms with Gasteiger partial charge in [-0.2, -0.15) is 0 Å². The van der Waals surface area contributed by atoms with Crippen molar-refractivity contribution in [1.82, 2.24) is 4.90 Å². The molecule has 4 heteroatoms. The van der Waals surface area contributed by atoms with Gasteiger partial charge in [-0.05, 0) is 24.5 Å². The average Bonchev–Trinajstić information content (AvgIpc) is 2.61. The molecule has 0 radical (unpaired) electrons. The molecule has 0 saturated heterocycles. The molecular formula is C20H25NO3. The summed E-state index contributed by atoms with van der Waals surface area (Å²) in [5.41, 5.74) is 0.995. The summed E-state index contributed by atoms with van der Waals surface area (Å²) in [4.78, 5) is 14.1. The molecule has 0 aromatic heterocycles. The SMILES string of the molecule is CCC(C)(O)CN(Cc1ccccc1)C(=O)OCc1ccccc1. The van der Waals surface area contributed by atoms with Gasteiger partial charge in [0.1, 0.15) is 6.61 Å². The molecule has 0 fully saturated rings.